The van der Waals surface area contributed by atoms with Gasteiger partial charge in [0.05, 0.1) is 6.26 Å². The zero-order valence-electron chi connectivity index (χ0n) is 12.5. The van der Waals surface area contributed by atoms with Crippen LogP contribution >= 0.6 is 0 Å². The van der Waals surface area contributed by atoms with Crippen LogP contribution in [0.1, 0.15) is 25.0 Å². The molecule has 3 aromatic heterocycles. The van der Waals surface area contributed by atoms with Crippen LogP contribution in [-0.2, 0) is 0 Å². The molecule has 4 rings (SSSR count). The van der Waals surface area contributed by atoms with E-state index in [0.717, 1.165) is 24.6 Å². The highest BCUT2D eigenvalue weighted by atomic mass is 16.3. The Labute approximate surface area is 127 Å². The number of aromatic nitrogens is 4. The Balaban J connectivity index is 1.73. The van der Waals surface area contributed by atoms with Crippen molar-refractivity contribution in [2.45, 2.75) is 26.2 Å². The van der Waals surface area contributed by atoms with Crippen molar-refractivity contribution >= 4 is 11.6 Å². The van der Waals surface area contributed by atoms with Crippen molar-refractivity contribution in [3.05, 3.63) is 30.2 Å². The molecule has 0 aromatic carbocycles. The second-order valence-corrected chi connectivity index (χ2v) is 5.57. The lowest BCUT2D eigenvalue weighted by Gasteiger charge is -2.27. The first-order valence-electron chi connectivity index (χ1n) is 7.59. The Kier molecular flexibility index (Phi) is 3.27. The Morgan fingerprint density at radius 3 is 2.82 bits per heavy atom. The van der Waals surface area contributed by atoms with Crippen molar-refractivity contribution in [1.29, 1.82) is 0 Å². The third kappa shape index (κ3) is 2.43. The molecule has 1 saturated heterocycles. The summed E-state index contributed by atoms with van der Waals surface area (Å²) < 4.78 is 7.11. The molecule has 0 aliphatic carbocycles. The zero-order valence-corrected chi connectivity index (χ0v) is 12.5. The maximum absolute atomic E-state index is 5.37. The van der Waals surface area contributed by atoms with Gasteiger partial charge in [-0.05, 0) is 31.9 Å². The van der Waals surface area contributed by atoms with Crippen molar-refractivity contribution in [2.24, 2.45) is 0 Å². The largest absolute Gasteiger partial charge is 0.461 e. The van der Waals surface area contributed by atoms with Gasteiger partial charge in [0, 0.05) is 24.8 Å². The first-order valence-corrected chi connectivity index (χ1v) is 7.59. The van der Waals surface area contributed by atoms with Gasteiger partial charge < -0.3 is 9.84 Å². The first kappa shape index (κ1) is 13.3. The number of nitrogens with one attached hydrogen (secondary N) is 1. The molecule has 4 heterocycles. The average Bonchev–Trinajstić information content (AvgIpc) is 3.16. The third-order valence-corrected chi connectivity index (χ3v) is 3.81. The lowest BCUT2D eigenvalue weighted by molar-refractivity contribution is 0.271. The van der Waals surface area contributed by atoms with Gasteiger partial charge in [0.1, 0.15) is 5.82 Å². The summed E-state index contributed by atoms with van der Waals surface area (Å²) in [6.45, 7) is 4.05. The topological polar surface area (TPSA) is 71.5 Å². The smallest absolute Gasteiger partial charge is 0.255 e. The second kappa shape index (κ2) is 5.42. The van der Waals surface area contributed by atoms with Crippen LogP contribution < -0.4 is 5.43 Å². The lowest BCUT2D eigenvalue weighted by atomic mass is 10.2. The van der Waals surface area contributed by atoms with Crippen LogP contribution in [0.3, 0.4) is 0 Å². The normalized spacial score (nSPS) is 16.2. The Morgan fingerprint density at radius 1 is 1.18 bits per heavy atom. The van der Waals surface area contributed by atoms with Gasteiger partial charge in [0.15, 0.2) is 5.76 Å². The molecule has 1 aliphatic heterocycles. The van der Waals surface area contributed by atoms with Crippen LogP contribution in [0.4, 0.5) is 5.82 Å². The molecule has 0 unspecified atom stereocenters. The van der Waals surface area contributed by atoms with E-state index in [4.69, 9.17) is 4.42 Å². The highest BCUT2D eigenvalue weighted by Crippen LogP contribution is 2.20. The monoisotopic (exact) mass is 298 g/mol. The molecule has 0 amide bonds. The van der Waals surface area contributed by atoms with E-state index in [2.05, 4.69) is 25.5 Å². The molecule has 7 nitrogen and oxygen atoms in total. The van der Waals surface area contributed by atoms with Crippen molar-refractivity contribution in [3.63, 3.8) is 0 Å². The highest BCUT2D eigenvalue weighted by molar-refractivity contribution is 5.53. The maximum atomic E-state index is 5.37. The fourth-order valence-electron chi connectivity index (χ4n) is 2.74. The van der Waals surface area contributed by atoms with Gasteiger partial charge in [0.2, 0.25) is 5.82 Å². The van der Waals surface area contributed by atoms with Crippen LogP contribution in [-0.4, -0.2) is 37.7 Å². The molecule has 0 atom stereocenters. The van der Waals surface area contributed by atoms with Crippen molar-refractivity contribution < 1.29 is 4.42 Å². The lowest BCUT2D eigenvalue weighted by Crippen LogP contribution is -2.35. The minimum atomic E-state index is 0.546. The summed E-state index contributed by atoms with van der Waals surface area (Å²) in [4.78, 5) is 8.91. The minimum absolute atomic E-state index is 0.546. The van der Waals surface area contributed by atoms with Crippen LogP contribution in [0.5, 0.6) is 0 Å². The SMILES string of the molecule is Cc1cc(NN2CCCCC2)n2nc(-c3ccco3)nc2n1. The number of furan rings is 1. The molecule has 1 N–H and O–H groups in total. The molecular weight excluding hydrogens is 280 g/mol. The number of nitrogens with zero attached hydrogens (tertiary/aromatic N) is 5. The number of hydrogen-bond donors (Lipinski definition) is 1. The fourth-order valence-corrected chi connectivity index (χ4v) is 2.74. The van der Waals surface area contributed by atoms with Crippen LogP contribution in [0.15, 0.2) is 28.9 Å². The van der Waals surface area contributed by atoms with Crippen molar-refractivity contribution in [3.8, 4) is 11.6 Å². The van der Waals surface area contributed by atoms with E-state index in [1.54, 1.807) is 10.8 Å². The van der Waals surface area contributed by atoms with Gasteiger partial charge in [-0.25, -0.2) is 9.99 Å². The molecule has 0 saturated carbocycles. The molecular formula is C15H18N6O. The van der Waals surface area contributed by atoms with Gasteiger partial charge in [-0.3, -0.25) is 0 Å². The number of aryl methyl sites for hydroxylation is 1. The van der Waals surface area contributed by atoms with Gasteiger partial charge >= 0.3 is 0 Å². The summed E-state index contributed by atoms with van der Waals surface area (Å²) in [6.07, 6.45) is 5.35. The molecule has 0 bridgehead atoms. The van der Waals surface area contributed by atoms with Gasteiger partial charge in [-0.1, -0.05) is 6.42 Å². The zero-order chi connectivity index (χ0) is 14.9. The molecule has 1 aliphatic rings. The number of fused-ring (bicyclic) bond motifs is 1. The first-order chi connectivity index (χ1) is 10.8. The molecule has 22 heavy (non-hydrogen) atoms. The van der Waals surface area contributed by atoms with Crippen molar-refractivity contribution in [2.75, 3.05) is 18.5 Å². The molecule has 7 heteroatoms. The molecule has 1 fully saturated rings. The summed E-state index contributed by atoms with van der Waals surface area (Å²) in [7, 11) is 0. The van der Waals surface area contributed by atoms with Crippen LogP contribution in [0.2, 0.25) is 0 Å². The van der Waals surface area contributed by atoms with Crippen molar-refractivity contribution in [1.82, 2.24) is 24.6 Å². The van der Waals surface area contributed by atoms with Gasteiger partial charge in [0.25, 0.3) is 5.78 Å². The summed E-state index contributed by atoms with van der Waals surface area (Å²) in [5, 5.41) is 6.75. The summed E-state index contributed by atoms with van der Waals surface area (Å²) >= 11 is 0. The molecule has 114 valence electrons. The predicted octanol–water partition coefficient (Wildman–Crippen LogP) is 2.51. The van der Waals surface area contributed by atoms with E-state index in [1.165, 1.54) is 19.3 Å². The number of hydrogen-bond acceptors (Lipinski definition) is 6. The number of piperidine rings is 1. The molecule has 0 radical (unpaired) electrons. The van der Waals surface area contributed by atoms with Gasteiger partial charge in [-0.2, -0.15) is 9.50 Å². The fraction of sp³-hybridized carbons (Fsp3) is 0.400. The summed E-state index contributed by atoms with van der Waals surface area (Å²) in [5.74, 6) is 2.65. The van der Waals surface area contributed by atoms with E-state index in [-0.39, 0.29) is 0 Å². The van der Waals surface area contributed by atoms with E-state index < -0.39 is 0 Å². The Bertz CT molecular complexity index is 773. The molecule has 3 aromatic rings. The Hall–Kier alpha value is -2.41. The van der Waals surface area contributed by atoms with E-state index in [0.29, 0.717) is 17.4 Å². The maximum Gasteiger partial charge on any atom is 0.255 e. The third-order valence-electron chi connectivity index (χ3n) is 3.81. The number of anilines is 1. The number of hydrazine groups is 1. The van der Waals surface area contributed by atoms with E-state index >= 15 is 0 Å². The van der Waals surface area contributed by atoms with E-state index in [9.17, 15) is 0 Å². The van der Waals surface area contributed by atoms with Gasteiger partial charge in [-0.15, -0.1) is 5.10 Å². The molecule has 0 spiro atoms. The van der Waals surface area contributed by atoms with Crippen LogP contribution in [0.25, 0.3) is 17.4 Å². The van der Waals surface area contributed by atoms with Crippen LogP contribution in [0, 0.1) is 6.92 Å². The highest BCUT2D eigenvalue weighted by Gasteiger charge is 2.16. The average molecular weight is 298 g/mol. The quantitative estimate of drug-likeness (QED) is 0.801. The van der Waals surface area contributed by atoms with E-state index in [1.807, 2.05) is 25.1 Å². The standard InChI is InChI=1S/C15H18N6O/c1-11-10-13(18-20-7-3-2-4-8-20)21-15(16-11)17-14(19-21)12-6-5-9-22-12/h5-6,9-10,18H,2-4,7-8H2,1H3. The summed E-state index contributed by atoms with van der Waals surface area (Å²) in [6, 6.07) is 5.66. The predicted molar refractivity (Wildman–Crippen MR) is 82.3 cm³/mol. The summed E-state index contributed by atoms with van der Waals surface area (Å²) in [5.41, 5.74) is 4.35. The minimum Gasteiger partial charge on any atom is -0.461 e. The number of rotatable bonds is 3. The Morgan fingerprint density at radius 2 is 2.05 bits per heavy atom. The second-order valence-electron chi connectivity index (χ2n) is 5.57.